The van der Waals surface area contributed by atoms with Crippen molar-refractivity contribution in [1.29, 1.82) is 0 Å². The summed E-state index contributed by atoms with van der Waals surface area (Å²) in [4.78, 5) is 36.3. The second-order valence-corrected chi connectivity index (χ2v) is 6.71. The van der Waals surface area contributed by atoms with E-state index in [1.807, 2.05) is 0 Å². The van der Waals surface area contributed by atoms with Crippen molar-refractivity contribution in [1.82, 2.24) is 0 Å². The third-order valence-electron chi connectivity index (χ3n) is 5.45. The Kier molecular flexibility index (Phi) is 3.55. The van der Waals surface area contributed by atoms with E-state index in [0.717, 1.165) is 12.8 Å². The maximum atomic E-state index is 12.6. The van der Waals surface area contributed by atoms with E-state index in [9.17, 15) is 14.4 Å². The fourth-order valence-electron chi connectivity index (χ4n) is 4.49. The molecule has 1 aromatic carbocycles. The summed E-state index contributed by atoms with van der Waals surface area (Å²) in [5, 5.41) is 2.87. The van der Waals surface area contributed by atoms with Gasteiger partial charge in [-0.15, -0.1) is 0 Å². The van der Waals surface area contributed by atoms with Crippen molar-refractivity contribution in [3.63, 3.8) is 0 Å². The van der Waals surface area contributed by atoms with Crippen LogP contribution < -0.4 is 5.32 Å². The molecule has 2 aliphatic carbocycles. The highest BCUT2D eigenvalue weighted by Crippen LogP contribution is 2.57. The molecular weight excluding hydrogens is 310 g/mol. The Morgan fingerprint density at radius 3 is 2.71 bits per heavy atom. The van der Waals surface area contributed by atoms with Gasteiger partial charge in [0.2, 0.25) is 5.91 Å². The minimum atomic E-state index is -0.386. The van der Waals surface area contributed by atoms with Gasteiger partial charge in [-0.05, 0) is 49.9 Å². The first-order valence-electron chi connectivity index (χ1n) is 8.37. The second kappa shape index (κ2) is 5.61. The summed E-state index contributed by atoms with van der Waals surface area (Å²) in [7, 11) is 0. The monoisotopic (exact) mass is 329 g/mol. The molecule has 3 aliphatic rings. The zero-order valence-corrected chi connectivity index (χ0v) is 13.4. The zero-order chi connectivity index (χ0) is 16.8. The summed E-state index contributed by atoms with van der Waals surface area (Å²) < 4.78 is 10.3. The SMILES string of the molecule is CCOC(=O)c1ccc(NC(=O)[C@@H]2[C@H]3C[C@H]4[C@H]2C(=O)O[C@H]4C3)cc1. The smallest absolute Gasteiger partial charge is 0.338 e. The summed E-state index contributed by atoms with van der Waals surface area (Å²) in [5.74, 6) is -0.877. The quantitative estimate of drug-likeness (QED) is 0.855. The first kappa shape index (κ1) is 15.2. The lowest BCUT2D eigenvalue weighted by Crippen LogP contribution is -2.35. The first-order valence-corrected chi connectivity index (χ1v) is 8.37. The molecule has 1 aliphatic heterocycles. The molecule has 2 saturated carbocycles. The third-order valence-corrected chi connectivity index (χ3v) is 5.45. The van der Waals surface area contributed by atoms with Crippen molar-refractivity contribution >= 4 is 23.5 Å². The van der Waals surface area contributed by atoms with Gasteiger partial charge in [0.15, 0.2) is 0 Å². The van der Waals surface area contributed by atoms with Gasteiger partial charge < -0.3 is 14.8 Å². The molecular formula is C18H19NO5. The normalized spacial score (nSPS) is 32.5. The van der Waals surface area contributed by atoms with Gasteiger partial charge in [-0.1, -0.05) is 0 Å². The van der Waals surface area contributed by atoms with Crippen molar-refractivity contribution in [2.75, 3.05) is 11.9 Å². The second-order valence-electron chi connectivity index (χ2n) is 6.71. The minimum absolute atomic E-state index is 0.0282. The van der Waals surface area contributed by atoms with Gasteiger partial charge in [-0.25, -0.2) is 4.79 Å². The number of benzene rings is 1. The molecule has 1 amide bonds. The van der Waals surface area contributed by atoms with Crippen LogP contribution in [0.2, 0.25) is 0 Å². The molecule has 3 fully saturated rings. The lowest BCUT2D eigenvalue weighted by atomic mass is 9.79. The minimum Gasteiger partial charge on any atom is -0.462 e. The zero-order valence-electron chi connectivity index (χ0n) is 13.4. The predicted molar refractivity (Wildman–Crippen MR) is 84.1 cm³/mol. The molecule has 1 saturated heterocycles. The molecule has 1 aromatic rings. The lowest BCUT2D eigenvalue weighted by molar-refractivity contribution is -0.145. The van der Waals surface area contributed by atoms with Gasteiger partial charge in [0.25, 0.3) is 0 Å². The topological polar surface area (TPSA) is 81.7 Å². The summed E-state index contributed by atoms with van der Waals surface area (Å²) >= 11 is 0. The molecule has 1 N–H and O–H groups in total. The van der Waals surface area contributed by atoms with Crippen LogP contribution in [0.1, 0.15) is 30.1 Å². The molecule has 24 heavy (non-hydrogen) atoms. The van der Waals surface area contributed by atoms with Crippen molar-refractivity contribution in [3.05, 3.63) is 29.8 Å². The van der Waals surface area contributed by atoms with Gasteiger partial charge in [-0.2, -0.15) is 0 Å². The largest absolute Gasteiger partial charge is 0.462 e. The van der Waals surface area contributed by atoms with Gasteiger partial charge in [0, 0.05) is 11.6 Å². The van der Waals surface area contributed by atoms with Crippen LogP contribution in [0.4, 0.5) is 5.69 Å². The Hall–Kier alpha value is -2.37. The highest BCUT2D eigenvalue weighted by Gasteiger charge is 2.63. The van der Waals surface area contributed by atoms with Crippen molar-refractivity contribution in [2.45, 2.75) is 25.9 Å². The van der Waals surface area contributed by atoms with Crippen LogP contribution >= 0.6 is 0 Å². The molecule has 6 heteroatoms. The maximum absolute atomic E-state index is 12.6. The van der Waals surface area contributed by atoms with Gasteiger partial charge in [0.1, 0.15) is 6.10 Å². The summed E-state index contributed by atoms with van der Waals surface area (Å²) in [6.45, 7) is 2.07. The van der Waals surface area contributed by atoms with Gasteiger partial charge in [-0.3, -0.25) is 9.59 Å². The lowest BCUT2D eigenvalue weighted by Gasteiger charge is -2.23. The van der Waals surface area contributed by atoms with Crippen LogP contribution in [0.5, 0.6) is 0 Å². The van der Waals surface area contributed by atoms with E-state index in [1.54, 1.807) is 31.2 Å². The number of amides is 1. The van der Waals surface area contributed by atoms with Crippen molar-refractivity contribution in [2.24, 2.45) is 23.7 Å². The predicted octanol–water partition coefficient (Wildman–Crippen LogP) is 2.00. The Labute approximate surface area is 139 Å². The van der Waals surface area contributed by atoms with Crippen LogP contribution in [-0.4, -0.2) is 30.6 Å². The molecule has 6 nitrogen and oxygen atoms in total. The van der Waals surface area contributed by atoms with Crippen molar-refractivity contribution in [3.8, 4) is 0 Å². The number of nitrogens with one attached hydrogen (secondary N) is 1. The first-order chi connectivity index (χ1) is 11.6. The number of hydrogen-bond acceptors (Lipinski definition) is 5. The fraction of sp³-hybridized carbons (Fsp3) is 0.500. The van der Waals surface area contributed by atoms with E-state index < -0.39 is 0 Å². The van der Waals surface area contributed by atoms with E-state index in [2.05, 4.69) is 5.32 Å². The van der Waals surface area contributed by atoms with Crippen molar-refractivity contribution < 1.29 is 23.9 Å². The molecule has 126 valence electrons. The number of hydrogen-bond donors (Lipinski definition) is 1. The van der Waals surface area contributed by atoms with Gasteiger partial charge in [0.05, 0.1) is 24.0 Å². The highest BCUT2D eigenvalue weighted by molar-refractivity contribution is 5.97. The Balaban J connectivity index is 1.45. The standard InChI is InChI=1S/C18H19NO5/c1-2-23-17(21)9-3-5-11(6-4-9)19-16(20)14-10-7-12-13(8-10)24-18(22)15(12)14/h3-6,10,12-15H,2,7-8H2,1H3,(H,19,20)/t10-,12+,13-,14+,15+/m0/s1. The number of rotatable bonds is 4. The molecule has 5 atom stereocenters. The average Bonchev–Trinajstić information content (AvgIpc) is 3.17. The van der Waals surface area contributed by atoms with E-state index in [0.29, 0.717) is 17.9 Å². The molecule has 2 bridgehead atoms. The van der Waals surface area contributed by atoms with E-state index in [1.165, 1.54) is 0 Å². The van der Waals surface area contributed by atoms with E-state index >= 15 is 0 Å². The molecule has 0 radical (unpaired) electrons. The molecule has 1 heterocycles. The van der Waals surface area contributed by atoms with Crippen LogP contribution in [0, 0.1) is 23.7 Å². The molecule has 0 aromatic heterocycles. The Morgan fingerprint density at radius 2 is 2.00 bits per heavy atom. The summed E-state index contributed by atoms with van der Waals surface area (Å²) in [5.41, 5.74) is 1.05. The van der Waals surface area contributed by atoms with Crippen LogP contribution in [-0.2, 0) is 19.1 Å². The number of esters is 2. The number of carbonyl (C=O) groups is 3. The summed E-state index contributed by atoms with van der Waals surface area (Å²) in [6, 6.07) is 6.59. The van der Waals surface area contributed by atoms with Crippen LogP contribution in [0.25, 0.3) is 0 Å². The Bertz CT molecular complexity index is 696. The molecule has 4 rings (SSSR count). The van der Waals surface area contributed by atoms with E-state index in [4.69, 9.17) is 9.47 Å². The fourth-order valence-corrected chi connectivity index (χ4v) is 4.49. The molecule has 0 unspecified atom stereocenters. The van der Waals surface area contributed by atoms with Crippen LogP contribution in [0.15, 0.2) is 24.3 Å². The highest BCUT2D eigenvalue weighted by atomic mass is 16.6. The number of anilines is 1. The van der Waals surface area contributed by atoms with Crippen LogP contribution in [0.3, 0.4) is 0 Å². The third kappa shape index (κ3) is 2.28. The number of ether oxygens (including phenoxy) is 2. The maximum Gasteiger partial charge on any atom is 0.338 e. The van der Waals surface area contributed by atoms with Gasteiger partial charge >= 0.3 is 11.9 Å². The van der Waals surface area contributed by atoms with E-state index in [-0.39, 0.29) is 47.6 Å². The molecule has 0 spiro atoms. The summed E-state index contributed by atoms with van der Waals surface area (Å²) in [6.07, 6.45) is 1.73. The number of fused-ring (bicyclic) bond motifs is 1. The average molecular weight is 329 g/mol. The number of carbonyl (C=O) groups excluding carboxylic acids is 3. The Morgan fingerprint density at radius 1 is 1.25 bits per heavy atom.